The summed E-state index contributed by atoms with van der Waals surface area (Å²) >= 11 is 5.85. The first-order valence-electron chi connectivity index (χ1n) is 4.95. The Hall–Kier alpha value is -0.990. The fourth-order valence-electron chi connectivity index (χ4n) is 1.73. The molecule has 15 heavy (non-hydrogen) atoms. The molecule has 0 fully saturated rings. The van der Waals surface area contributed by atoms with Gasteiger partial charge in [-0.05, 0) is 36.3 Å². The van der Waals surface area contributed by atoms with Crippen LogP contribution in [0.2, 0.25) is 5.02 Å². The fourth-order valence-corrected chi connectivity index (χ4v) is 1.95. The average Bonchev–Trinajstić information content (AvgIpc) is 2.69. The minimum atomic E-state index is -0.662. The zero-order valence-electron chi connectivity index (χ0n) is 8.53. The number of benzene rings is 1. The molecule has 80 valence electrons. The van der Waals surface area contributed by atoms with Gasteiger partial charge in [0, 0.05) is 11.4 Å². The van der Waals surface area contributed by atoms with Crippen LogP contribution in [0, 0.1) is 6.92 Å². The highest BCUT2D eigenvalue weighted by Crippen LogP contribution is 2.29. The Kier molecular flexibility index (Phi) is 2.98. The molecule has 0 spiro atoms. The molecule has 0 amide bonds. The van der Waals surface area contributed by atoms with E-state index >= 15 is 0 Å². The molecule has 0 aliphatic carbocycles. The number of aliphatic hydroxyl groups excluding tert-OH is 1. The van der Waals surface area contributed by atoms with Crippen molar-refractivity contribution in [1.82, 2.24) is 0 Å². The monoisotopic (exact) mass is 224 g/mol. The van der Waals surface area contributed by atoms with E-state index in [-0.39, 0.29) is 0 Å². The molecule has 1 N–H and O–H groups in total. The highest BCUT2D eigenvalue weighted by atomic mass is 35.5. The predicted octanol–water partition coefficient (Wildman–Crippen LogP) is 2.99. The van der Waals surface area contributed by atoms with Gasteiger partial charge in [0.2, 0.25) is 0 Å². The molecule has 0 radical (unpaired) electrons. The van der Waals surface area contributed by atoms with Crippen molar-refractivity contribution >= 4 is 11.6 Å². The maximum absolute atomic E-state index is 10.1. The van der Waals surface area contributed by atoms with Gasteiger partial charge in [0.25, 0.3) is 0 Å². The van der Waals surface area contributed by atoms with Crippen molar-refractivity contribution in [3.63, 3.8) is 0 Å². The largest absolute Gasteiger partial charge is 0.495 e. The van der Waals surface area contributed by atoms with Crippen molar-refractivity contribution in [1.29, 1.82) is 0 Å². The van der Waals surface area contributed by atoms with Crippen LogP contribution >= 0.6 is 11.6 Å². The SMILES string of the molecule is Cc1cc(Cl)ccc1C(O)C1=CCCO1. The molecule has 2 rings (SSSR count). The first-order valence-corrected chi connectivity index (χ1v) is 5.33. The highest BCUT2D eigenvalue weighted by molar-refractivity contribution is 6.30. The molecule has 1 heterocycles. The summed E-state index contributed by atoms with van der Waals surface area (Å²) in [4.78, 5) is 0. The number of hydrogen-bond acceptors (Lipinski definition) is 2. The molecular weight excluding hydrogens is 212 g/mol. The van der Waals surface area contributed by atoms with Gasteiger partial charge in [0.05, 0.1) is 6.61 Å². The first-order chi connectivity index (χ1) is 7.18. The van der Waals surface area contributed by atoms with E-state index < -0.39 is 6.10 Å². The number of rotatable bonds is 2. The van der Waals surface area contributed by atoms with Gasteiger partial charge in [0.15, 0.2) is 0 Å². The standard InChI is InChI=1S/C12H13ClO2/c1-8-7-9(13)4-5-10(8)12(14)11-3-2-6-15-11/h3-5,7,12,14H,2,6H2,1H3. The third-order valence-corrected chi connectivity index (χ3v) is 2.76. The maximum Gasteiger partial charge on any atom is 0.136 e. The topological polar surface area (TPSA) is 29.5 Å². The normalized spacial score (nSPS) is 17.1. The van der Waals surface area contributed by atoms with Crippen molar-refractivity contribution in [3.05, 3.63) is 46.2 Å². The van der Waals surface area contributed by atoms with Crippen LogP contribution in [-0.2, 0) is 4.74 Å². The molecule has 1 aliphatic heterocycles. The molecule has 0 bridgehead atoms. The molecule has 1 unspecified atom stereocenters. The summed E-state index contributed by atoms with van der Waals surface area (Å²) in [6.07, 6.45) is 2.14. The van der Waals surface area contributed by atoms with Gasteiger partial charge in [-0.25, -0.2) is 0 Å². The zero-order chi connectivity index (χ0) is 10.8. The molecule has 1 aromatic rings. The van der Waals surface area contributed by atoms with E-state index in [0.29, 0.717) is 17.4 Å². The summed E-state index contributed by atoms with van der Waals surface area (Å²) in [5, 5.41) is 10.7. The van der Waals surface area contributed by atoms with Crippen molar-refractivity contribution in [2.24, 2.45) is 0 Å². The molecular formula is C12H13ClO2. The summed E-state index contributed by atoms with van der Waals surface area (Å²) in [5.41, 5.74) is 1.83. The van der Waals surface area contributed by atoms with Crippen molar-refractivity contribution < 1.29 is 9.84 Å². The van der Waals surface area contributed by atoms with E-state index in [1.54, 1.807) is 6.07 Å². The van der Waals surface area contributed by atoms with Crippen LogP contribution in [0.5, 0.6) is 0 Å². The van der Waals surface area contributed by atoms with Crippen LogP contribution in [0.1, 0.15) is 23.7 Å². The van der Waals surface area contributed by atoms with Crippen LogP contribution in [0.3, 0.4) is 0 Å². The second-order valence-electron chi connectivity index (χ2n) is 3.65. The van der Waals surface area contributed by atoms with Gasteiger partial charge in [-0.2, -0.15) is 0 Å². The smallest absolute Gasteiger partial charge is 0.136 e. The number of halogens is 1. The molecule has 1 aliphatic rings. The summed E-state index contributed by atoms with van der Waals surface area (Å²) in [6, 6.07) is 5.46. The van der Waals surface area contributed by atoms with E-state index in [0.717, 1.165) is 17.5 Å². The van der Waals surface area contributed by atoms with E-state index in [1.165, 1.54) is 0 Å². The summed E-state index contributed by atoms with van der Waals surface area (Å²) in [6.45, 7) is 2.60. The zero-order valence-corrected chi connectivity index (χ0v) is 9.29. The Morgan fingerprint density at radius 1 is 1.47 bits per heavy atom. The Morgan fingerprint density at radius 3 is 2.87 bits per heavy atom. The number of aryl methyl sites for hydroxylation is 1. The minimum absolute atomic E-state index is 0.653. The molecule has 1 aromatic carbocycles. The third-order valence-electron chi connectivity index (χ3n) is 2.53. The van der Waals surface area contributed by atoms with Gasteiger partial charge in [-0.1, -0.05) is 17.7 Å². The Bertz CT molecular complexity index is 399. The van der Waals surface area contributed by atoms with Gasteiger partial charge in [-0.15, -0.1) is 0 Å². The summed E-state index contributed by atoms with van der Waals surface area (Å²) in [5.74, 6) is 0.653. The molecule has 1 atom stereocenters. The maximum atomic E-state index is 10.1. The number of ether oxygens (including phenoxy) is 1. The average molecular weight is 225 g/mol. The van der Waals surface area contributed by atoms with Crippen molar-refractivity contribution in [2.45, 2.75) is 19.4 Å². The van der Waals surface area contributed by atoms with E-state index in [1.807, 2.05) is 25.1 Å². The van der Waals surface area contributed by atoms with Gasteiger partial charge in [0.1, 0.15) is 11.9 Å². The van der Waals surface area contributed by atoms with Crippen molar-refractivity contribution in [2.75, 3.05) is 6.61 Å². The third kappa shape index (κ3) is 2.16. The highest BCUT2D eigenvalue weighted by Gasteiger charge is 2.19. The Morgan fingerprint density at radius 2 is 2.27 bits per heavy atom. The first kappa shape index (κ1) is 10.5. The lowest BCUT2D eigenvalue weighted by molar-refractivity contribution is 0.118. The van der Waals surface area contributed by atoms with Crippen LogP contribution in [-0.4, -0.2) is 11.7 Å². The molecule has 2 nitrogen and oxygen atoms in total. The van der Waals surface area contributed by atoms with Gasteiger partial charge < -0.3 is 9.84 Å². The van der Waals surface area contributed by atoms with E-state index in [2.05, 4.69) is 0 Å². The van der Waals surface area contributed by atoms with Crippen LogP contribution in [0.15, 0.2) is 30.0 Å². The van der Waals surface area contributed by atoms with Gasteiger partial charge >= 0.3 is 0 Å². The minimum Gasteiger partial charge on any atom is -0.495 e. The van der Waals surface area contributed by atoms with Crippen molar-refractivity contribution in [3.8, 4) is 0 Å². The lowest BCUT2D eigenvalue weighted by atomic mass is 10.0. The van der Waals surface area contributed by atoms with E-state index in [4.69, 9.17) is 16.3 Å². The second-order valence-corrected chi connectivity index (χ2v) is 4.08. The fraction of sp³-hybridized carbons (Fsp3) is 0.333. The Balaban J connectivity index is 2.28. The van der Waals surface area contributed by atoms with Crippen LogP contribution in [0.25, 0.3) is 0 Å². The second kappa shape index (κ2) is 4.25. The van der Waals surface area contributed by atoms with Gasteiger partial charge in [-0.3, -0.25) is 0 Å². The quantitative estimate of drug-likeness (QED) is 0.837. The van der Waals surface area contributed by atoms with Crippen LogP contribution in [0.4, 0.5) is 0 Å². The van der Waals surface area contributed by atoms with Crippen LogP contribution < -0.4 is 0 Å². The Labute approximate surface area is 94.1 Å². The lowest BCUT2D eigenvalue weighted by Gasteiger charge is -2.15. The van der Waals surface area contributed by atoms with E-state index in [9.17, 15) is 5.11 Å². The molecule has 3 heteroatoms. The number of hydrogen-bond donors (Lipinski definition) is 1. The lowest BCUT2D eigenvalue weighted by Crippen LogP contribution is -2.04. The predicted molar refractivity (Wildman–Crippen MR) is 59.8 cm³/mol. The molecule has 0 saturated carbocycles. The summed E-state index contributed by atoms with van der Waals surface area (Å²) < 4.78 is 5.33. The summed E-state index contributed by atoms with van der Waals surface area (Å²) in [7, 11) is 0. The molecule has 0 aromatic heterocycles. The number of aliphatic hydroxyl groups is 1. The molecule has 0 saturated heterocycles.